The van der Waals surface area contributed by atoms with Gasteiger partial charge in [0, 0.05) is 29.8 Å². The highest BCUT2D eigenvalue weighted by molar-refractivity contribution is 7.92. The molecule has 160 valence electrons. The van der Waals surface area contributed by atoms with Crippen LogP contribution < -0.4 is 5.32 Å². The fourth-order valence-corrected chi connectivity index (χ4v) is 4.93. The van der Waals surface area contributed by atoms with Crippen molar-refractivity contribution in [3.8, 4) is 0 Å². The molecule has 2 heterocycles. The Kier molecular flexibility index (Phi) is 7.35. The summed E-state index contributed by atoms with van der Waals surface area (Å²) in [6, 6.07) is 9.21. The van der Waals surface area contributed by atoms with Crippen molar-refractivity contribution in [2.75, 3.05) is 25.0 Å². The van der Waals surface area contributed by atoms with Gasteiger partial charge < -0.3 is 10.1 Å². The first-order valence-corrected chi connectivity index (χ1v) is 11.9. The number of thiazole rings is 1. The molecule has 0 saturated carbocycles. The van der Waals surface area contributed by atoms with Crippen LogP contribution in [0, 0.1) is 5.92 Å². The van der Waals surface area contributed by atoms with E-state index in [0.717, 1.165) is 16.9 Å². The van der Waals surface area contributed by atoms with Gasteiger partial charge in [0.25, 0.3) is 0 Å². The third-order valence-corrected chi connectivity index (χ3v) is 6.96. The Morgan fingerprint density at radius 2 is 1.97 bits per heavy atom. The van der Waals surface area contributed by atoms with E-state index in [-0.39, 0.29) is 37.2 Å². The Labute approximate surface area is 179 Å². The Morgan fingerprint density at radius 3 is 2.63 bits per heavy atom. The summed E-state index contributed by atoms with van der Waals surface area (Å²) < 4.78 is 31.3. The molecular formula is C20H23N3O5S2. The zero-order chi connectivity index (χ0) is 21.6. The lowest BCUT2D eigenvalue weighted by atomic mass is 9.97. The predicted molar refractivity (Wildman–Crippen MR) is 115 cm³/mol. The number of rotatable bonds is 7. The smallest absolute Gasteiger partial charge is 0.357 e. The number of nitrogens with one attached hydrogen (secondary N) is 1. The molecule has 0 aliphatic carbocycles. The van der Waals surface area contributed by atoms with Gasteiger partial charge in [-0.2, -0.15) is 4.31 Å². The molecule has 1 aromatic carbocycles. The Hall–Kier alpha value is -2.56. The first kappa shape index (κ1) is 22.1. The molecule has 0 atom stereocenters. The number of carbonyl (C=O) groups excluding carboxylic acids is 2. The number of piperidine rings is 1. The van der Waals surface area contributed by atoms with Crippen molar-refractivity contribution in [3.05, 3.63) is 52.4 Å². The van der Waals surface area contributed by atoms with Crippen molar-refractivity contribution in [3.63, 3.8) is 0 Å². The first-order valence-electron chi connectivity index (χ1n) is 9.56. The molecule has 3 rings (SSSR count). The second-order valence-corrected chi connectivity index (χ2v) is 9.36. The molecule has 0 spiro atoms. The van der Waals surface area contributed by atoms with Crippen molar-refractivity contribution >= 4 is 44.4 Å². The molecular weight excluding hydrogens is 426 g/mol. The third-order valence-electron chi connectivity index (χ3n) is 4.64. The normalized spacial score (nSPS) is 15.9. The number of ether oxygens (including phenoxy) is 1. The zero-order valence-electron chi connectivity index (χ0n) is 16.5. The van der Waals surface area contributed by atoms with E-state index in [2.05, 4.69) is 10.3 Å². The summed E-state index contributed by atoms with van der Waals surface area (Å²) in [5.74, 6) is -1.07. The molecule has 8 nitrogen and oxygen atoms in total. The highest BCUT2D eigenvalue weighted by Gasteiger charge is 2.30. The number of esters is 1. The van der Waals surface area contributed by atoms with E-state index in [1.165, 1.54) is 15.1 Å². The minimum absolute atomic E-state index is 0.156. The Balaban J connectivity index is 1.53. The summed E-state index contributed by atoms with van der Waals surface area (Å²) in [5.41, 5.74) is 0.962. The van der Waals surface area contributed by atoms with Crippen molar-refractivity contribution in [1.82, 2.24) is 9.29 Å². The highest BCUT2D eigenvalue weighted by Crippen LogP contribution is 2.24. The van der Waals surface area contributed by atoms with E-state index < -0.39 is 16.0 Å². The van der Waals surface area contributed by atoms with Crippen LogP contribution in [0.4, 0.5) is 5.13 Å². The molecule has 1 fully saturated rings. The fourth-order valence-electron chi connectivity index (χ4n) is 3.02. The summed E-state index contributed by atoms with van der Waals surface area (Å²) in [4.78, 5) is 28.2. The summed E-state index contributed by atoms with van der Waals surface area (Å²) in [6.07, 6.45) is 2.40. The zero-order valence-corrected chi connectivity index (χ0v) is 18.1. The van der Waals surface area contributed by atoms with Gasteiger partial charge in [-0.1, -0.05) is 30.3 Å². The first-order chi connectivity index (χ1) is 14.4. The second kappa shape index (κ2) is 9.96. The molecule has 1 N–H and O–H groups in total. The molecule has 1 aromatic heterocycles. The van der Waals surface area contributed by atoms with Gasteiger partial charge in [0.1, 0.15) is 0 Å². The summed E-state index contributed by atoms with van der Waals surface area (Å²) in [6.45, 7) is 2.49. The molecule has 2 aromatic rings. The van der Waals surface area contributed by atoms with E-state index in [1.54, 1.807) is 13.0 Å². The van der Waals surface area contributed by atoms with Gasteiger partial charge in [0.15, 0.2) is 10.8 Å². The molecule has 0 radical (unpaired) electrons. The van der Waals surface area contributed by atoms with Crippen molar-refractivity contribution in [2.24, 2.45) is 5.92 Å². The van der Waals surface area contributed by atoms with Gasteiger partial charge in [-0.05, 0) is 31.4 Å². The molecule has 10 heteroatoms. The topological polar surface area (TPSA) is 106 Å². The van der Waals surface area contributed by atoms with Crippen LogP contribution in [0.25, 0.3) is 6.08 Å². The van der Waals surface area contributed by atoms with Gasteiger partial charge in [-0.25, -0.2) is 18.2 Å². The van der Waals surface area contributed by atoms with E-state index in [4.69, 9.17) is 4.74 Å². The van der Waals surface area contributed by atoms with Crippen LogP contribution >= 0.6 is 11.3 Å². The van der Waals surface area contributed by atoms with Gasteiger partial charge >= 0.3 is 5.97 Å². The molecule has 0 bridgehead atoms. The van der Waals surface area contributed by atoms with Crippen LogP contribution in [-0.4, -0.2) is 49.3 Å². The van der Waals surface area contributed by atoms with Crippen molar-refractivity contribution < 1.29 is 22.7 Å². The lowest BCUT2D eigenvalue weighted by Gasteiger charge is -2.29. The second-order valence-electron chi connectivity index (χ2n) is 6.68. The van der Waals surface area contributed by atoms with E-state index in [0.29, 0.717) is 18.0 Å². The van der Waals surface area contributed by atoms with E-state index in [9.17, 15) is 18.0 Å². The van der Waals surface area contributed by atoms with Crippen LogP contribution in [0.5, 0.6) is 0 Å². The van der Waals surface area contributed by atoms with Crippen LogP contribution in [0.1, 0.15) is 35.8 Å². The minimum Gasteiger partial charge on any atom is -0.461 e. The van der Waals surface area contributed by atoms with Gasteiger partial charge in [-0.15, -0.1) is 11.3 Å². The fraction of sp³-hybridized carbons (Fsp3) is 0.350. The number of carbonyl (C=O) groups is 2. The number of benzene rings is 1. The maximum Gasteiger partial charge on any atom is 0.357 e. The Morgan fingerprint density at radius 1 is 1.27 bits per heavy atom. The predicted octanol–water partition coefficient (Wildman–Crippen LogP) is 2.97. The van der Waals surface area contributed by atoms with Crippen molar-refractivity contribution in [1.29, 1.82) is 0 Å². The lowest BCUT2D eigenvalue weighted by Crippen LogP contribution is -2.40. The molecule has 30 heavy (non-hydrogen) atoms. The summed E-state index contributed by atoms with van der Waals surface area (Å²) >= 11 is 1.15. The molecule has 1 aliphatic heterocycles. The van der Waals surface area contributed by atoms with Gasteiger partial charge in [0.2, 0.25) is 15.9 Å². The monoisotopic (exact) mass is 449 g/mol. The molecule has 1 saturated heterocycles. The third kappa shape index (κ3) is 5.74. The van der Waals surface area contributed by atoms with Crippen molar-refractivity contribution in [2.45, 2.75) is 19.8 Å². The SMILES string of the molecule is CCOC(=O)c1csc(NC(=O)C2CCN(S(=O)(=O)/C=C/c3ccccc3)CC2)n1. The van der Waals surface area contributed by atoms with Gasteiger partial charge in [0.05, 0.1) is 6.61 Å². The lowest BCUT2D eigenvalue weighted by molar-refractivity contribution is -0.120. The standard InChI is InChI=1S/C20H23N3O5S2/c1-2-28-19(25)17-14-29-20(21-17)22-18(24)16-8-11-23(12-9-16)30(26,27)13-10-15-6-4-3-5-7-15/h3-7,10,13-14,16H,2,8-9,11-12H2,1H3,(H,21,22,24)/b13-10+. The number of sulfonamides is 1. The minimum atomic E-state index is -3.54. The van der Waals surface area contributed by atoms with E-state index >= 15 is 0 Å². The summed E-state index contributed by atoms with van der Waals surface area (Å²) in [7, 11) is -3.54. The van der Waals surface area contributed by atoms with Crippen LogP contribution in [0.3, 0.4) is 0 Å². The molecule has 1 aliphatic rings. The Bertz CT molecular complexity index is 1010. The maximum atomic E-state index is 12.5. The number of hydrogen-bond acceptors (Lipinski definition) is 7. The highest BCUT2D eigenvalue weighted by atomic mass is 32.2. The maximum absolute atomic E-state index is 12.5. The number of hydrogen-bond donors (Lipinski definition) is 1. The molecule has 1 amide bonds. The average molecular weight is 450 g/mol. The summed E-state index contributed by atoms with van der Waals surface area (Å²) in [5, 5.41) is 5.76. The number of aromatic nitrogens is 1. The molecule has 0 unspecified atom stereocenters. The average Bonchev–Trinajstić information content (AvgIpc) is 3.22. The van der Waals surface area contributed by atoms with Crippen LogP contribution in [0.2, 0.25) is 0 Å². The quantitative estimate of drug-likeness (QED) is 0.652. The number of anilines is 1. The number of nitrogens with zero attached hydrogens (tertiary/aromatic N) is 2. The number of amides is 1. The van der Waals surface area contributed by atoms with Crippen LogP contribution in [-0.2, 0) is 19.6 Å². The van der Waals surface area contributed by atoms with Crippen LogP contribution in [0.15, 0.2) is 41.1 Å². The van der Waals surface area contributed by atoms with E-state index in [1.807, 2.05) is 30.3 Å². The largest absolute Gasteiger partial charge is 0.461 e. The van der Waals surface area contributed by atoms with Gasteiger partial charge in [-0.3, -0.25) is 4.79 Å².